The topological polar surface area (TPSA) is 38.3 Å². The molecule has 132 valence electrons. The van der Waals surface area contributed by atoms with Gasteiger partial charge in [0.1, 0.15) is 0 Å². The molecule has 0 aliphatic rings. The summed E-state index contributed by atoms with van der Waals surface area (Å²) >= 11 is 0. The number of carbonyl (C=O) groups is 1. The Kier molecular flexibility index (Phi) is 17.7. The minimum absolute atomic E-state index is 0.241. The van der Waals surface area contributed by atoms with Gasteiger partial charge in [0.15, 0.2) is 0 Å². The molecule has 1 N–H and O–H groups in total. The van der Waals surface area contributed by atoms with Gasteiger partial charge in [0.25, 0.3) is 0 Å². The molecule has 1 amide bonds. The second kappa shape index (κ2) is 18.3. The van der Waals surface area contributed by atoms with Crippen LogP contribution in [-0.2, 0) is 4.74 Å². The molecule has 0 unspecified atom stereocenters. The van der Waals surface area contributed by atoms with Gasteiger partial charge < -0.3 is 10.1 Å². The average Bonchev–Trinajstić information content (AvgIpc) is 2.52. The summed E-state index contributed by atoms with van der Waals surface area (Å²) in [5.41, 5.74) is 0. The SMILES string of the molecule is CCCCCCCCCCCOC(=O)NCCCCCCC. The summed E-state index contributed by atoms with van der Waals surface area (Å²) in [6, 6.07) is 0. The van der Waals surface area contributed by atoms with Gasteiger partial charge in [-0.3, -0.25) is 0 Å². The van der Waals surface area contributed by atoms with Crippen LogP contribution in [-0.4, -0.2) is 19.2 Å². The van der Waals surface area contributed by atoms with E-state index in [0.29, 0.717) is 6.61 Å². The van der Waals surface area contributed by atoms with E-state index in [2.05, 4.69) is 19.2 Å². The second-order valence-electron chi connectivity index (χ2n) is 6.31. The summed E-state index contributed by atoms with van der Waals surface area (Å²) in [6.07, 6.45) is 17.4. The van der Waals surface area contributed by atoms with Gasteiger partial charge in [-0.2, -0.15) is 0 Å². The molecular formula is C19H39NO2. The molecule has 0 saturated heterocycles. The summed E-state index contributed by atoms with van der Waals surface area (Å²) in [4.78, 5) is 11.4. The third-order valence-electron chi connectivity index (χ3n) is 4.03. The van der Waals surface area contributed by atoms with Crippen molar-refractivity contribution < 1.29 is 9.53 Å². The zero-order chi connectivity index (χ0) is 16.3. The van der Waals surface area contributed by atoms with Gasteiger partial charge in [-0.05, 0) is 12.8 Å². The first-order valence-electron chi connectivity index (χ1n) is 9.71. The zero-order valence-electron chi connectivity index (χ0n) is 15.1. The number of carbonyl (C=O) groups excluding carboxylic acids is 1. The van der Waals surface area contributed by atoms with Crippen molar-refractivity contribution in [3.63, 3.8) is 0 Å². The number of amides is 1. The highest BCUT2D eigenvalue weighted by Gasteiger charge is 2.00. The molecule has 0 aromatic heterocycles. The third-order valence-corrected chi connectivity index (χ3v) is 4.03. The summed E-state index contributed by atoms with van der Waals surface area (Å²) < 4.78 is 5.18. The molecular weight excluding hydrogens is 274 g/mol. The lowest BCUT2D eigenvalue weighted by atomic mass is 10.1. The fraction of sp³-hybridized carbons (Fsp3) is 0.947. The molecule has 0 rings (SSSR count). The monoisotopic (exact) mass is 313 g/mol. The summed E-state index contributed by atoms with van der Waals surface area (Å²) in [5.74, 6) is 0. The van der Waals surface area contributed by atoms with Crippen molar-refractivity contribution >= 4 is 6.09 Å². The first-order chi connectivity index (χ1) is 10.8. The largest absolute Gasteiger partial charge is 0.450 e. The van der Waals surface area contributed by atoms with Crippen LogP contribution in [0.25, 0.3) is 0 Å². The maximum atomic E-state index is 11.4. The predicted octanol–water partition coefficient (Wildman–Crippen LogP) is 6.21. The van der Waals surface area contributed by atoms with Gasteiger partial charge in [0.2, 0.25) is 0 Å². The van der Waals surface area contributed by atoms with Crippen LogP contribution in [0.1, 0.15) is 104 Å². The van der Waals surface area contributed by atoms with Crippen LogP contribution < -0.4 is 5.32 Å². The summed E-state index contributed by atoms with van der Waals surface area (Å²) in [7, 11) is 0. The van der Waals surface area contributed by atoms with Crippen molar-refractivity contribution in [3.05, 3.63) is 0 Å². The molecule has 0 aromatic rings. The molecule has 0 atom stereocenters. The number of ether oxygens (including phenoxy) is 1. The van der Waals surface area contributed by atoms with Crippen LogP contribution in [0.2, 0.25) is 0 Å². The Labute approximate surface area is 138 Å². The summed E-state index contributed by atoms with van der Waals surface area (Å²) in [5, 5.41) is 2.83. The predicted molar refractivity (Wildman–Crippen MR) is 95.3 cm³/mol. The van der Waals surface area contributed by atoms with Crippen molar-refractivity contribution in [1.82, 2.24) is 5.32 Å². The minimum Gasteiger partial charge on any atom is -0.450 e. The highest BCUT2D eigenvalue weighted by Crippen LogP contribution is 2.09. The van der Waals surface area contributed by atoms with Crippen LogP contribution in [0.15, 0.2) is 0 Å². The Morgan fingerprint density at radius 1 is 0.682 bits per heavy atom. The minimum atomic E-state index is -0.241. The van der Waals surface area contributed by atoms with Crippen LogP contribution in [0.3, 0.4) is 0 Å². The van der Waals surface area contributed by atoms with Crippen LogP contribution >= 0.6 is 0 Å². The normalized spacial score (nSPS) is 10.6. The Balaban J connectivity index is 3.12. The number of hydrogen-bond acceptors (Lipinski definition) is 2. The average molecular weight is 314 g/mol. The second-order valence-corrected chi connectivity index (χ2v) is 6.31. The highest BCUT2D eigenvalue weighted by atomic mass is 16.5. The van der Waals surface area contributed by atoms with Crippen LogP contribution in [0.4, 0.5) is 4.79 Å². The van der Waals surface area contributed by atoms with E-state index in [0.717, 1.165) is 19.4 Å². The smallest absolute Gasteiger partial charge is 0.407 e. The first-order valence-corrected chi connectivity index (χ1v) is 9.71. The fourth-order valence-electron chi connectivity index (χ4n) is 2.55. The van der Waals surface area contributed by atoms with Crippen LogP contribution in [0, 0.1) is 0 Å². The van der Waals surface area contributed by atoms with Crippen molar-refractivity contribution in [2.45, 2.75) is 104 Å². The Morgan fingerprint density at radius 2 is 1.14 bits per heavy atom. The van der Waals surface area contributed by atoms with Gasteiger partial charge >= 0.3 is 6.09 Å². The van der Waals surface area contributed by atoms with E-state index in [1.807, 2.05) is 0 Å². The zero-order valence-corrected chi connectivity index (χ0v) is 15.1. The van der Waals surface area contributed by atoms with Gasteiger partial charge in [0.05, 0.1) is 6.61 Å². The molecule has 0 heterocycles. The maximum absolute atomic E-state index is 11.4. The maximum Gasteiger partial charge on any atom is 0.407 e. The lowest BCUT2D eigenvalue weighted by Gasteiger charge is -2.07. The molecule has 0 radical (unpaired) electrons. The first kappa shape index (κ1) is 21.3. The molecule has 0 bridgehead atoms. The molecule has 0 aromatic carbocycles. The lowest BCUT2D eigenvalue weighted by Crippen LogP contribution is -2.25. The molecule has 3 heteroatoms. The summed E-state index contributed by atoms with van der Waals surface area (Å²) in [6.45, 7) is 5.78. The lowest BCUT2D eigenvalue weighted by molar-refractivity contribution is 0.143. The molecule has 0 aliphatic carbocycles. The highest BCUT2D eigenvalue weighted by molar-refractivity contribution is 5.66. The molecule has 3 nitrogen and oxygen atoms in total. The van der Waals surface area contributed by atoms with E-state index >= 15 is 0 Å². The van der Waals surface area contributed by atoms with E-state index in [1.165, 1.54) is 77.0 Å². The quantitative estimate of drug-likeness (QED) is 0.344. The third kappa shape index (κ3) is 17.3. The molecule has 0 saturated carbocycles. The van der Waals surface area contributed by atoms with Crippen molar-refractivity contribution in [2.75, 3.05) is 13.2 Å². The number of unbranched alkanes of at least 4 members (excludes halogenated alkanes) is 12. The van der Waals surface area contributed by atoms with Crippen molar-refractivity contribution in [1.29, 1.82) is 0 Å². The Hall–Kier alpha value is -0.730. The Morgan fingerprint density at radius 3 is 1.68 bits per heavy atom. The fourth-order valence-corrected chi connectivity index (χ4v) is 2.55. The molecule has 0 fully saturated rings. The number of hydrogen-bond donors (Lipinski definition) is 1. The van der Waals surface area contributed by atoms with E-state index in [4.69, 9.17) is 4.74 Å². The van der Waals surface area contributed by atoms with Crippen LogP contribution in [0.5, 0.6) is 0 Å². The van der Waals surface area contributed by atoms with Gasteiger partial charge in [0, 0.05) is 6.54 Å². The number of nitrogens with one attached hydrogen (secondary N) is 1. The Bertz CT molecular complexity index is 231. The molecule has 22 heavy (non-hydrogen) atoms. The van der Waals surface area contributed by atoms with Gasteiger partial charge in [-0.25, -0.2) is 4.79 Å². The van der Waals surface area contributed by atoms with Crippen molar-refractivity contribution in [3.8, 4) is 0 Å². The van der Waals surface area contributed by atoms with Gasteiger partial charge in [-0.15, -0.1) is 0 Å². The number of rotatable bonds is 16. The van der Waals surface area contributed by atoms with E-state index < -0.39 is 0 Å². The van der Waals surface area contributed by atoms with Crippen molar-refractivity contribution in [2.24, 2.45) is 0 Å². The van der Waals surface area contributed by atoms with Gasteiger partial charge in [-0.1, -0.05) is 90.9 Å². The van der Waals surface area contributed by atoms with E-state index in [-0.39, 0.29) is 6.09 Å². The van der Waals surface area contributed by atoms with E-state index in [9.17, 15) is 4.79 Å². The number of alkyl carbamates (subject to hydrolysis) is 1. The standard InChI is InChI=1S/C19H39NO2/c1-3-5-7-9-10-11-12-14-16-18-22-19(21)20-17-15-13-8-6-4-2/h3-18H2,1-2H3,(H,20,21). The van der Waals surface area contributed by atoms with E-state index in [1.54, 1.807) is 0 Å². The molecule has 0 aliphatic heterocycles. The molecule has 0 spiro atoms.